The first-order valence-corrected chi connectivity index (χ1v) is 7.50. The Balaban J connectivity index is 1.99. The molecule has 1 saturated carbocycles. The Kier molecular flexibility index (Phi) is 4.48. The Bertz CT molecular complexity index is 231. The van der Waals surface area contributed by atoms with Gasteiger partial charge in [-0.05, 0) is 62.9 Å². The lowest BCUT2D eigenvalue weighted by atomic mass is 9.77. The third-order valence-electron chi connectivity index (χ3n) is 4.87. The lowest BCUT2D eigenvalue weighted by Gasteiger charge is -2.43. The number of aliphatic hydroxyl groups is 1. The number of likely N-dealkylation sites (tertiary alicyclic amines) is 1. The van der Waals surface area contributed by atoms with Gasteiger partial charge in [0, 0.05) is 6.04 Å². The van der Waals surface area contributed by atoms with Crippen molar-refractivity contribution in [3.8, 4) is 0 Å². The summed E-state index contributed by atoms with van der Waals surface area (Å²) in [6.07, 6.45) is 6.18. The molecule has 0 bridgehead atoms. The molecule has 0 aromatic heterocycles. The molecule has 2 heteroatoms. The van der Waals surface area contributed by atoms with Crippen molar-refractivity contribution in [1.82, 2.24) is 4.90 Å². The molecule has 1 saturated heterocycles. The smallest absolute Gasteiger partial charge is 0.0700 e. The van der Waals surface area contributed by atoms with Crippen molar-refractivity contribution in [2.24, 2.45) is 17.8 Å². The summed E-state index contributed by atoms with van der Waals surface area (Å²) in [5, 5.41) is 10.4. The van der Waals surface area contributed by atoms with Crippen molar-refractivity contribution in [2.45, 2.75) is 65.0 Å². The highest BCUT2D eigenvalue weighted by Crippen LogP contribution is 2.33. The van der Waals surface area contributed by atoms with Gasteiger partial charge in [-0.3, -0.25) is 4.90 Å². The van der Waals surface area contributed by atoms with E-state index in [1.165, 1.54) is 38.8 Å². The van der Waals surface area contributed by atoms with Gasteiger partial charge in [0.2, 0.25) is 0 Å². The summed E-state index contributed by atoms with van der Waals surface area (Å²) in [6, 6.07) is 0.427. The minimum absolute atomic E-state index is 0.0952. The average Bonchev–Trinajstić information content (AvgIpc) is 2.42. The van der Waals surface area contributed by atoms with Crippen LogP contribution in [0.5, 0.6) is 0 Å². The van der Waals surface area contributed by atoms with Crippen molar-refractivity contribution >= 4 is 0 Å². The highest BCUT2D eigenvalue weighted by molar-refractivity contribution is 4.90. The Morgan fingerprint density at radius 3 is 2.41 bits per heavy atom. The van der Waals surface area contributed by atoms with Gasteiger partial charge in [0.25, 0.3) is 0 Å². The van der Waals surface area contributed by atoms with E-state index in [0.29, 0.717) is 17.9 Å². The van der Waals surface area contributed by atoms with Crippen LogP contribution in [-0.2, 0) is 0 Å². The van der Waals surface area contributed by atoms with Crippen LogP contribution in [0.25, 0.3) is 0 Å². The lowest BCUT2D eigenvalue weighted by Crippen LogP contribution is -2.51. The fraction of sp³-hybridized carbons (Fsp3) is 1.00. The maximum absolute atomic E-state index is 10.4. The molecule has 5 atom stereocenters. The van der Waals surface area contributed by atoms with Crippen LogP contribution in [0.3, 0.4) is 0 Å². The molecule has 0 spiro atoms. The van der Waals surface area contributed by atoms with Crippen LogP contribution in [0.15, 0.2) is 0 Å². The van der Waals surface area contributed by atoms with Crippen molar-refractivity contribution in [1.29, 1.82) is 0 Å². The second kappa shape index (κ2) is 5.71. The molecule has 1 heterocycles. The highest BCUT2D eigenvalue weighted by atomic mass is 16.3. The zero-order chi connectivity index (χ0) is 12.4. The minimum atomic E-state index is -0.0952. The maximum Gasteiger partial charge on any atom is 0.0700 e. The van der Waals surface area contributed by atoms with E-state index in [1.54, 1.807) is 0 Å². The Morgan fingerprint density at radius 1 is 0.941 bits per heavy atom. The van der Waals surface area contributed by atoms with Crippen molar-refractivity contribution in [3.05, 3.63) is 0 Å². The van der Waals surface area contributed by atoms with E-state index in [0.717, 1.165) is 12.3 Å². The van der Waals surface area contributed by atoms with E-state index < -0.39 is 0 Å². The van der Waals surface area contributed by atoms with Gasteiger partial charge >= 0.3 is 0 Å². The quantitative estimate of drug-likeness (QED) is 0.760. The molecule has 1 aliphatic carbocycles. The molecule has 2 fully saturated rings. The highest BCUT2D eigenvalue weighted by Gasteiger charge is 2.36. The monoisotopic (exact) mass is 239 g/mol. The zero-order valence-electron chi connectivity index (χ0n) is 11.7. The van der Waals surface area contributed by atoms with Crippen LogP contribution in [0.4, 0.5) is 0 Å². The molecule has 0 radical (unpaired) electrons. The van der Waals surface area contributed by atoms with Crippen molar-refractivity contribution in [2.75, 3.05) is 13.1 Å². The molecule has 17 heavy (non-hydrogen) atoms. The Labute approximate surface area is 106 Å². The number of aliphatic hydroxyl groups excluding tert-OH is 1. The van der Waals surface area contributed by atoms with Crippen LogP contribution in [0, 0.1) is 17.8 Å². The third-order valence-corrected chi connectivity index (χ3v) is 4.87. The van der Waals surface area contributed by atoms with E-state index in [4.69, 9.17) is 0 Å². The van der Waals surface area contributed by atoms with E-state index in [2.05, 4.69) is 25.7 Å². The number of rotatable bonds is 1. The summed E-state index contributed by atoms with van der Waals surface area (Å²) in [7, 11) is 0. The van der Waals surface area contributed by atoms with Gasteiger partial charge in [0.1, 0.15) is 0 Å². The van der Waals surface area contributed by atoms with E-state index >= 15 is 0 Å². The predicted octanol–water partition coefficient (Wildman–Crippen LogP) is 2.90. The molecule has 2 rings (SSSR count). The van der Waals surface area contributed by atoms with Crippen molar-refractivity contribution in [3.63, 3.8) is 0 Å². The predicted molar refractivity (Wildman–Crippen MR) is 71.9 cm³/mol. The summed E-state index contributed by atoms with van der Waals surface area (Å²) >= 11 is 0. The average molecular weight is 239 g/mol. The fourth-order valence-corrected chi connectivity index (χ4v) is 3.99. The minimum Gasteiger partial charge on any atom is -0.391 e. The standard InChI is InChI=1S/C15H29NO/c1-11-5-4-7-16(8-6-11)15-13(3)9-12(2)10-14(15)17/h11-15,17H,4-10H2,1-3H3. The van der Waals surface area contributed by atoms with E-state index in [9.17, 15) is 5.11 Å². The van der Waals surface area contributed by atoms with Crippen LogP contribution in [-0.4, -0.2) is 35.2 Å². The Morgan fingerprint density at radius 2 is 1.71 bits per heavy atom. The first kappa shape index (κ1) is 13.4. The van der Waals surface area contributed by atoms with Gasteiger partial charge < -0.3 is 5.11 Å². The molecular weight excluding hydrogens is 210 g/mol. The second-order valence-corrected chi connectivity index (χ2v) is 6.68. The summed E-state index contributed by atoms with van der Waals surface area (Å²) in [6.45, 7) is 9.37. The first-order chi connectivity index (χ1) is 8.08. The SMILES string of the molecule is CC1CCCN(C2C(C)CC(C)CC2O)CC1. The topological polar surface area (TPSA) is 23.5 Å². The molecule has 0 aromatic rings. The number of hydrogen-bond acceptors (Lipinski definition) is 2. The summed E-state index contributed by atoms with van der Waals surface area (Å²) in [5.74, 6) is 2.22. The van der Waals surface area contributed by atoms with E-state index in [-0.39, 0.29) is 6.10 Å². The van der Waals surface area contributed by atoms with Gasteiger partial charge in [-0.1, -0.05) is 20.8 Å². The summed E-state index contributed by atoms with van der Waals surface area (Å²) in [4.78, 5) is 2.59. The lowest BCUT2D eigenvalue weighted by molar-refractivity contribution is -0.0234. The van der Waals surface area contributed by atoms with Crippen LogP contribution < -0.4 is 0 Å². The molecule has 0 amide bonds. The van der Waals surface area contributed by atoms with Crippen LogP contribution >= 0.6 is 0 Å². The normalized spacial score (nSPS) is 45.5. The van der Waals surface area contributed by atoms with Gasteiger partial charge in [0.05, 0.1) is 6.10 Å². The molecule has 5 unspecified atom stereocenters. The van der Waals surface area contributed by atoms with Crippen LogP contribution in [0.1, 0.15) is 52.9 Å². The number of hydrogen-bond donors (Lipinski definition) is 1. The molecule has 100 valence electrons. The maximum atomic E-state index is 10.4. The van der Waals surface area contributed by atoms with Gasteiger partial charge in [-0.15, -0.1) is 0 Å². The first-order valence-electron chi connectivity index (χ1n) is 7.50. The van der Waals surface area contributed by atoms with Gasteiger partial charge in [0.15, 0.2) is 0 Å². The van der Waals surface area contributed by atoms with Crippen LogP contribution in [0.2, 0.25) is 0 Å². The zero-order valence-corrected chi connectivity index (χ0v) is 11.7. The molecule has 1 aliphatic heterocycles. The van der Waals surface area contributed by atoms with Gasteiger partial charge in [-0.25, -0.2) is 0 Å². The third kappa shape index (κ3) is 3.23. The summed E-state index contributed by atoms with van der Waals surface area (Å²) in [5.41, 5.74) is 0. The Hall–Kier alpha value is -0.0800. The second-order valence-electron chi connectivity index (χ2n) is 6.68. The molecule has 2 nitrogen and oxygen atoms in total. The molecule has 0 aromatic carbocycles. The fourth-order valence-electron chi connectivity index (χ4n) is 3.99. The molecular formula is C15H29NO. The van der Waals surface area contributed by atoms with Gasteiger partial charge in [-0.2, -0.15) is 0 Å². The van der Waals surface area contributed by atoms with E-state index in [1.807, 2.05) is 0 Å². The largest absolute Gasteiger partial charge is 0.391 e. The number of nitrogens with zero attached hydrogens (tertiary/aromatic N) is 1. The molecule has 2 aliphatic rings. The molecule has 1 N–H and O–H groups in total. The summed E-state index contributed by atoms with van der Waals surface area (Å²) < 4.78 is 0. The van der Waals surface area contributed by atoms with Crippen molar-refractivity contribution < 1.29 is 5.11 Å².